The van der Waals surface area contributed by atoms with E-state index in [0.717, 1.165) is 57.2 Å². The van der Waals surface area contributed by atoms with Gasteiger partial charge in [-0.15, -0.1) is 11.3 Å². The standard InChI is InChI=1S/C30H31NO4S/c1-20-18-22(8-13-26(20)32)30-28(25-12-11-24(34-2)19-27(25)36-30)29(33)21-6-9-23(10-7-21)35-17-16-31-14-4-3-5-15-31/h6-13,18-19,32H,3-5,14-17H2,1-2H3. The summed E-state index contributed by atoms with van der Waals surface area (Å²) in [6.45, 7) is 5.75. The first-order chi connectivity index (χ1) is 17.5. The second-order valence-electron chi connectivity index (χ2n) is 9.27. The lowest BCUT2D eigenvalue weighted by atomic mass is 9.97. The number of carbonyl (C=O) groups is 1. The Morgan fingerprint density at radius 3 is 2.44 bits per heavy atom. The van der Waals surface area contributed by atoms with Crippen LogP contribution in [0.1, 0.15) is 40.7 Å². The molecule has 3 aromatic carbocycles. The van der Waals surface area contributed by atoms with Gasteiger partial charge in [-0.3, -0.25) is 9.69 Å². The SMILES string of the molecule is COc1ccc2c(C(=O)c3ccc(OCCN4CCCCC4)cc3)c(-c3ccc(O)c(C)c3)sc2c1. The van der Waals surface area contributed by atoms with Crippen LogP contribution in [-0.4, -0.2) is 49.1 Å². The van der Waals surface area contributed by atoms with Gasteiger partial charge >= 0.3 is 0 Å². The molecular formula is C30H31NO4S. The molecular weight excluding hydrogens is 470 g/mol. The van der Waals surface area contributed by atoms with E-state index in [9.17, 15) is 9.90 Å². The van der Waals surface area contributed by atoms with Crippen LogP contribution in [0.4, 0.5) is 0 Å². The predicted molar refractivity (Wildman–Crippen MR) is 146 cm³/mol. The number of likely N-dealkylation sites (tertiary alicyclic amines) is 1. The fraction of sp³-hybridized carbons (Fsp3) is 0.300. The second-order valence-corrected chi connectivity index (χ2v) is 10.3. The number of phenolic OH excluding ortho intramolecular Hbond substituents is 1. The number of ether oxygens (including phenoxy) is 2. The zero-order valence-electron chi connectivity index (χ0n) is 20.8. The molecule has 1 aliphatic rings. The van der Waals surface area contributed by atoms with Gasteiger partial charge in [0, 0.05) is 32.6 Å². The molecule has 0 unspecified atom stereocenters. The van der Waals surface area contributed by atoms with Crippen LogP contribution in [-0.2, 0) is 0 Å². The van der Waals surface area contributed by atoms with Crippen LogP contribution in [0.25, 0.3) is 20.5 Å². The fourth-order valence-corrected chi connectivity index (χ4v) is 5.98. The first kappa shape index (κ1) is 24.3. The number of aromatic hydroxyl groups is 1. The van der Waals surface area contributed by atoms with Gasteiger partial charge in [0.05, 0.1) is 7.11 Å². The minimum Gasteiger partial charge on any atom is -0.508 e. The Bertz CT molecular complexity index is 1370. The average molecular weight is 502 g/mol. The average Bonchev–Trinajstić information content (AvgIpc) is 3.29. The maximum Gasteiger partial charge on any atom is 0.195 e. The number of methoxy groups -OCH3 is 1. The van der Waals surface area contributed by atoms with Gasteiger partial charge in [0.1, 0.15) is 23.9 Å². The van der Waals surface area contributed by atoms with Crippen molar-refractivity contribution in [2.45, 2.75) is 26.2 Å². The molecule has 0 amide bonds. The van der Waals surface area contributed by atoms with Crippen molar-refractivity contribution in [2.75, 3.05) is 33.4 Å². The van der Waals surface area contributed by atoms with Crippen LogP contribution in [0.15, 0.2) is 60.7 Å². The predicted octanol–water partition coefficient (Wildman–Crippen LogP) is 6.69. The molecule has 1 N–H and O–H groups in total. The summed E-state index contributed by atoms with van der Waals surface area (Å²) < 4.78 is 12.4. The summed E-state index contributed by atoms with van der Waals surface area (Å²) in [5.74, 6) is 1.73. The molecule has 1 aliphatic heterocycles. The van der Waals surface area contributed by atoms with E-state index in [4.69, 9.17) is 9.47 Å². The van der Waals surface area contributed by atoms with Gasteiger partial charge in [-0.25, -0.2) is 0 Å². The third-order valence-electron chi connectivity index (χ3n) is 6.82. The van der Waals surface area contributed by atoms with Gasteiger partial charge in [0.2, 0.25) is 0 Å². The molecule has 6 heteroatoms. The molecule has 1 fully saturated rings. The fourth-order valence-electron chi connectivity index (χ4n) is 4.75. The number of thiophene rings is 1. The topological polar surface area (TPSA) is 59.0 Å². The maximum atomic E-state index is 13.8. The number of benzene rings is 3. The largest absolute Gasteiger partial charge is 0.508 e. The van der Waals surface area contributed by atoms with Gasteiger partial charge in [-0.05, 0) is 105 Å². The molecule has 0 atom stereocenters. The number of hydrogen-bond donors (Lipinski definition) is 1. The normalized spacial score (nSPS) is 14.2. The number of hydrogen-bond acceptors (Lipinski definition) is 6. The van der Waals surface area contributed by atoms with Crippen molar-refractivity contribution in [3.63, 3.8) is 0 Å². The quantitative estimate of drug-likeness (QED) is 0.273. The highest BCUT2D eigenvalue weighted by atomic mass is 32.1. The van der Waals surface area contributed by atoms with E-state index in [1.807, 2.05) is 61.5 Å². The van der Waals surface area contributed by atoms with E-state index in [-0.39, 0.29) is 11.5 Å². The van der Waals surface area contributed by atoms with Crippen LogP contribution >= 0.6 is 11.3 Å². The monoisotopic (exact) mass is 501 g/mol. The van der Waals surface area contributed by atoms with E-state index in [1.165, 1.54) is 19.3 Å². The Morgan fingerprint density at radius 2 is 1.72 bits per heavy atom. The molecule has 1 saturated heterocycles. The first-order valence-corrected chi connectivity index (χ1v) is 13.3. The minimum absolute atomic E-state index is 0.0352. The lowest BCUT2D eigenvalue weighted by Crippen LogP contribution is -2.33. The molecule has 0 aliphatic carbocycles. The molecule has 0 saturated carbocycles. The zero-order valence-corrected chi connectivity index (χ0v) is 21.6. The van der Waals surface area contributed by atoms with Crippen molar-refractivity contribution < 1.29 is 19.4 Å². The number of nitrogens with zero attached hydrogens (tertiary/aromatic N) is 1. The van der Waals surface area contributed by atoms with Gasteiger partial charge in [0.25, 0.3) is 0 Å². The number of piperidine rings is 1. The Balaban J connectivity index is 1.42. The molecule has 2 heterocycles. The van der Waals surface area contributed by atoms with Crippen molar-refractivity contribution in [3.05, 3.63) is 77.4 Å². The number of aryl methyl sites for hydroxylation is 1. The molecule has 186 valence electrons. The van der Waals surface area contributed by atoms with E-state index < -0.39 is 0 Å². The van der Waals surface area contributed by atoms with Crippen molar-refractivity contribution >= 4 is 27.2 Å². The Kier molecular flexibility index (Phi) is 7.25. The third-order valence-corrected chi connectivity index (χ3v) is 8.03. The minimum atomic E-state index is -0.0352. The highest BCUT2D eigenvalue weighted by Gasteiger charge is 2.22. The maximum absolute atomic E-state index is 13.8. The second kappa shape index (κ2) is 10.7. The lowest BCUT2D eigenvalue weighted by molar-refractivity contribution is 0.104. The summed E-state index contributed by atoms with van der Waals surface area (Å²) in [5.41, 5.74) is 2.96. The van der Waals surface area contributed by atoms with E-state index in [0.29, 0.717) is 17.7 Å². The van der Waals surface area contributed by atoms with Gasteiger partial charge in [0.15, 0.2) is 5.78 Å². The van der Waals surface area contributed by atoms with Crippen LogP contribution in [0.3, 0.4) is 0 Å². The van der Waals surface area contributed by atoms with Gasteiger partial charge in [-0.2, -0.15) is 0 Å². The van der Waals surface area contributed by atoms with Gasteiger partial charge < -0.3 is 14.6 Å². The summed E-state index contributed by atoms with van der Waals surface area (Å²) in [7, 11) is 1.64. The molecule has 5 rings (SSSR count). The number of ketones is 1. The molecule has 0 radical (unpaired) electrons. The third kappa shape index (κ3) is 5.11. The van der Waals surface area contributed by atoms with Crippen LogP contribution in [0.5, 0.6) is 17.2 Å². The van der Waals surface area contributed by atoms with E-state index in [2.05, 4.69) is 4.90 Å². The lowest BCUT2D eigenvalue weighted by Gasteiger charge is -2.26. The van der Waals surface area contributed by atoms with E-state index in [1.54, 1.807) is 24.5 Å². The van der Waals surface area contributed by atoms with Crippen LogP contribution in [0, 0.1) is 6.92 Å². The number of rotatable bonds is 8. The summed E-state index contributed by atoms with van der Waals surface area (Å²) in [6.07, 6.45) is 3.87. The number of carbonyl (C=O) groups excluding carboxylic acids is 1. The molecule has 5 nitrogen and oxygen atoms in total. The Morgan fingerprint density at radius 1 is 0.972 bits per heavy atom. The highest BCUT2D eigenvalue weighted by molar-refractivity contribution is 7.22. The Hall–Kier alpha value is -3.35. The van der Waals surface area contributed by atoms with Crippen molar-refractivity contribution in [3.8, 4) is 27.7 Å². The molecule has 4 aromatic rings. The number of phenols is 1. The van der Waals surface area contributed by atoms with Crippen molar-refractivity contribution in [1.82, 2.24) is 4.90 Å². The number of fused-ring (bicyclic) bond motifs is 1. The summed E-state index contributed by atoms with van der Waals surface area (Å²) in [4.78, 5) is 17.2. The smallest absolute Gasteiger partial charge is 0.195 e. The Labute approximate surface area is 215 Å². The first-order valence-electron chi connectivity index (χ1n) is 12.4. The molecule has 36 heavy (non-hydrogen) atoms. The summed E-state index contributed by atoms with van der Waals surface area (Å²) >= 11 is 1.56. The summed E-state index contributed by atoms with van der Waals surface area (Å²) in [6, 6.07) is 18.7. The molecule has 1 aromatic heterocycles. The molecule has 0 bridgehead atoms. The van der Waals surface area contributed by atoms with Crippen molar-refractivity contribution in [1.29, 1.82) is 0 Å². The van der Waals surface area contributed by atoms with Crippen LogP contribution in [0.2, 0.25) is 0 Å². The van der Waals surface area contributed by atoms with Crippen molar-refractivity contribution in [2.24, 2.45) is 0 Å². The molecule has 0 spiro atoms. The van der Waals surface area contributed by atoms with Gasteiger partial charge in [-0.1, -0.05) is 6.42 Å². The zero-order chi connectivity index (χ0) is 25.1. The van der Waals surface area contributed by atoms with E-state index >= 15 is 0 Å². The van der Waals surface area contributed by atoms with Crippen LogP contribution < -0.4 is 9.47 Å². The highest BCUT2D eigenvalue weighted by Crippen LogP contribution is 2.42. The summed E-state index contributed by atoms with van der Waals surface area (Å²) in [5, 5.41) is 10.9.